The summed E-state index contributed by atoms with van der Waals surface area (Å²) in [6.45, 7) is 0. The first-order valence-electron chi connectivity index (χ1n) is 13.2. The Balaban J connectivity index is 1.36. The van der Waals surface area contributed by atoms with Gasteiger partial charge in [0.05, 0.1) is 22.7 Å². The van der Waals surface area contributed by atoms with Gasteiger partial charge in [0.15, 0.2) is 0 Å². The normalized spacial score (nSPS) is 21.0. The summed E-state index contributed by atoms with van der Waals surface area (Å²) in [5.74, 6) is 1.43. The van der Waals surface area contributed by atoms with Crippen molar-refractivity contribution in [3.63, 3.8) is 0 Å². The molecule has 2 aliphatic rings. The summed E-state index contributed by atoms with van der Waals surface area (Å²) in [5.41, 5.74) is 3.69. The molecule has 2 saturated carbocycles. The number of hydrogen-bond donors (Lipinski definition) is 1. The summed E-state index contributed by atoms with van der Waals surface area (Å²) >= 11 is 0. The van der Waals surface area contributed by atoms with E-state index in [2.05, 4.69) is 21.1 Å². The van der Waals surface area contributed by atoms with Gasteiger partial charge < -0.3 is 9.88 Å². The number of ketones is 1. The van der Waals surface area contributed by atoms with Crippen molar-refractivity contribution < 1.29 is 9.59 Å². The maximum Gasteiger partial charge on any atom is 0.275 e. The number of nitrogens with one attached hydrogen (secondary N) is 1. The minimum atomic E-state index is -0.393. The van der Waals surface area contributed by atoms with Crippen LogP contribution in [0.1, 0.15) is 91.7 Å². The van der Waals surface area contributed by atoms with Crippen LogP contribution in [0.3, 0.4) is 0 Å². The summed E-state index contributed by atoms with van der Waals surface area (Å²) in [6.07, 6.45) is 14.5. The Hall–Kier alpha value is -3.53. The predicted octanol–water partition coefficient (Wildman–Crippen LogP) is 5.91. The van der Waals surface area contributed by atoms with E-state index in [1.807, 2.05) is 19.2 Å². The number of rotatable bonds is 5. The number of anilines is 1. The Bertz CT molecular complexity index is 1310. The maximum absolute atomic E-state index is 13.2. The van der Waals surface area contributed by atoms with Crippen LogP contribution < -0.4 is 5.32 Å². The SMILES string of the molecule is Cn1cc(C2CCCCC(C(=O)C3CCCC3)CC2)c2nc(NC(=O)c3cc(C#N)ccn3)ccc21. The Morgan fingerprint density at radius 1 is 1.00 bits per heavy atom. The standard InChI is InChI=1S/C29H33N5O2/c1-34-18-23(20-6-2-3-9-22(11-10-20)28(35)21-7-4-5-8-21)27-25(34)12-13-26(32-27)33-29(36)24-16-19(17-30)14-15-31-24/h12-16,18,20-22H,2-11H2,1H3,(H,32,33,36). The summed E-state index contributed by atoms with van der Waals surface area (Å²) < 4.78 is 2.10. The van der Waals surface area contributed by atoms with E-state index in [9.17, 15) is 9.59 Å². The third kappa shape index (κ3) is 5.04. The van der Waals surface area contributed by atoms with Crippen molar-refractivity contribution in [2.45, 2.75) is 70.1 Å². The fourth-order valence-corrected chi connectivity index (χ4v) is 6.07. The zero-order chi connectivity index (χ0) is 25.1. The number of aromatic nitrogens is 3. The highest BCUT2D eigenvalue weighted by atomic mass is 16.2. The molecule has 1 N–H and O–H groups in total. The molecule has 2 fully saturated rings. The van der Waals surface area contributed by atoms with Crippen LogP contribution in [0.2, 0.25) is 0 Å². The lowest BCUT2D eigenvalue weighted by Gasteiger charge is -2.26. The van der Waals surface area contributed by atoms with E-state index in [0.717, 1.165) is 62.4 Å². The van der Waals surface area contributed by atoms with Gasteiger partial charge in [-0.05, 0) is 74.3 Å². The molecule has 2 atom stereocenters. The van der Waals surface area contributed by atoms with Crippen molar-refractivity contribution in [1.29, 1.82) is 5.26 Å². The number of carbonyl (C=O) groups is 2. The van der Waals surface area contributed by atoms with Crippen molar-refractivity contribution in [1.82, 2.24) is 14.5 Å². The highest BCUT2D eigenvalue weighted by molar-refractivity contribution is 6.03. The second-order valence-corrected chi connectivity index (χ2v) is 10.4. The van der Waals surface area contributed by atoms with Crippen LogP contribution in [0, 0.1) is 23.2 Å². The number of amides is 1. The van der Waals surface area contributed by atoms with E-state index in [-0.39, 0.29) is 11.6 Å². The van der Waals surface area contributed by atoms with Gasteiger partial charge in [-0.25, -0.2) is 4.98 Å². The van der Waals surface area contributed by atoms with Gasteiger partial charge in [-0.3, -0.25) is 14.6 Å². The van der Waals surface area contributed by atoms with Crippen molar-refractivity contribution in [2.24, 2.45) is 18.9 Å². The van der Waals surface area contributed by atoms with Crippen LogP contribution >= 0.6 is 0 Å². The predicted molar refractivity (Wildman–Crippen MR) is 139 cm³/mol. The summed E-state index contributed by atoms with van der Waals surface area (Å²) in [5, 5.41) is 11.9. The largest absolute Gasteiger partial charge is 0.349 e. The second-order valence-electron chi connectivity index (χ2n) is 10.4. The molecule has 0 spiro atoms. The third-order valence-electron chi connectivity index (χ3n) is 8.04. The molecule has 186 valence electrons. The first kappa shape index (κ1) is 24.2. The molecule has 3 heterocycles. The van der Waals surface area contributed by atoms with Gasteiger partial charge in [-0.2, -0.15) is 5.26 Å². The van der Waals surface area contributed by atoms with E-state index < -0.39 is 5.91 Å². The average molecular weight is 484 g/mol. The third-order valence-corrected chi connectivity index (χ3v) is 8.04. The van der Waals surface area contributed by atoms with Crippen molar-refractivity contribution in [2.75, 3.05) is 5.32 Å². The molecule has 2 aliphatic carbocycles. The molecule has 0 bridgehead atoms. The van der Waals surface area contributed by atoms with E-state index in [4.69, 9.17) is 10.2 Å². The maximum atomic E-state index is 13.2. The minimum absolute atomic E-state index is 0.183. The number of Topliss-reactive ketones (excluding diaryl/α,β-unsaturated/α-hetero) is 1. The fourth-order valence-electron chi connectivity index (χ4n) is 6.07. The molecule has 7 heteroatoms. The van der Waals surface area contributed by atoms with Crippen LogP contribution in [-0.4, -0.2) is 26.2 Å². The van der Waals surface area contributed by atoms with Gasteiger partial charge in [0.1, 0.15) is 17.3 Å². The second kappa shape index (κ2) is 10.6. The van der Waals surface area contributed by atoms with Gasteiger partial charge in [0.2, 0.25) is 0 Å². The summed E-state index contributed by atoms with van der Waals surface area (Å²) in [6, 6.07) is 8.85. The highest BCUT2D eigenvalue weighted by Crippen LogP contribution is 2.39. The van der Waals surface area contributed by atoms with E-state index in [1.54, 1.807) is 12.1 Å². The van der Waals surface area contributed by atoms with Gasteiger partial charge in [-0.15, -0.1) is 0 Å². The Morgan fingerprint density at radius 2 is 1.72 bits per heavy atom. The molecule has 36 heavy (non-hydrogen) atoms. The van der Waals surface area contributed by atoms with Gasteiger partial charge >= 0.3 is 0 Å². The summed E-state index contributed by atoms with van der Waals surface area (Å²) in [7, 11) is 2.03. The molecule has 3 aromatic rings. The smallest absolute Gasteiger partial charge is 0.275 e. The van der Waals surface area contributed by atoms with Crippen LogP contribution in [0.5, 0.6) is 0 Å². The first-order chi connectivity index (χ1) is 17.5. The fraction of sp³-hybridized carbons (Fsp3) is 0.483. The van der Waals surface area contributed by atoms with Crippen molar-refractivity contribution in [3.05, 3.63) is 53.5 Å². The average Bonchev–Trinajstić information content (AvgIpc) is 3.52. The van der Waals surface area contributed by atoms with Crippen molar-refractivity contribution in [3.8, 4) is 6.07 Å². The molecule has 3 aromatic heterocycles. The summed E-state index contributed by atoms with van der Waals surface area (Å²) in [4.78, 5) is 34.8. The van der Waals surface area contributed by atoms with E-state index >= 15 is 0 Å². The monoisotopic (exact) mass is 483 g/mol. The van der Waals surface area contributed by atoms with Gasteiger partial charge in [0.25, 0.3) is 5.91 Å². The number of nitriles is 1. The molecule has 0 saturated heterocycles. The molecule has 2 unspecified atom stereocenters. The molecule has 0 radical (unpaired) electrons. The number of aryl methyl sites for hydroxylation is 1. The highest BCUT2D eigenvalue weighted by Gasteiger charge is 2.31. The van der Waals surface area contributed by atoms with Crippen LogP contribution in [0.15, 0.2) is 36.7 Å². The first-order valence-corrected chi connectivity index (χ1v) is 13.2. The van der Waals surface area contributed by atoms with Gasteiger partial charge in [-0.1, -0.05) is 25.7 Å². The van der Waals surface area contributed by atoms with E-state index in [1.165, 1.54) is 30.7 Å². The zero-order valence-corrected chi connectivity index (χ0v) is 20.9. The topological polar surface area (TPSA) is 101 Å². The quantitative estimate of drug-likeness (QED) is 0.486. The lowest BCUT2D eigenvalue weighted by atomic mass is 9.78. The number of hydrogen-bond acceptors (Lipinski definition) is 5. The Morgan fingerprint density at radius 3 is 2.47 bits per heavy atom. The molecule has 1 amide bonds. The van der Waals surface area contributed by atoms with Crippen LogP contribution in [0.4, 0.5) is 5.82 Å². The molecule has 5 rings (SSSR count). The Kier molecular flexibility index (Phi) is 7.13. The van der Waals surface area contributed by atoms with E-state index in [0.29, 0.717) is 29.0 Å². The number of pyridine rings is 2. The van der Waals surface area contributed by atoms with Gasteiger partial charge in [0, 0.05) is 31.3 Å². The number of fused-ring (bicyclic) bond motifs is 1. The lowest BCUT2D eigenvalue weighted by Crippen LogP contribution is -2.23. The number of nitrogens with zero attached hydrogens (tertiary/aromatic N) is 4. The number of carbonyl (C=O) groups excluding carboxylic acids is 2. The molecular weight excluding hydrogens is 450 g/mol. The minimum Gasteiger partial charge on any atom is -0.349 e. The van der Waals surface area contributed by atoms with Crippen LogP contribution in [0.25, 0.3) is 11.0 Å². The molecular formula is C29H33N5O2. The lowest BCUT2D eigenvalue weighted by molar-refractivity contribution is -0.127. The zero-order valence-electron chi connectivity index (χ0n) is 20.9. The Labute approximate surface area is 211 Å². The van der Waals surface area contributed by atoms with Crippen LogP contribution in [-0.2, 0) is 11.8 Å². The molecule has 7 nitrogen and oxygen atoms in total. The molecule has 0 aliphatic heterocycles. The molecule has 0 aromatic carbocycles. The van der Waals surface area contributed by atoms with Crippen molar-refractivity contribution >= 4 is 28.5 Å².